The summed E-state index contributed by atoms with van der Waals surface area (Å²) >= 11 is 6.05. The van der Waals surface area contributed by atoms with E-state index >= 15 is 0 Å². The fraction of sp³-hybridized carbons (Fsp3) is 0.176. The molecule has 0 saturated heterocycles. The third kappa shape index (κ3) is 4.70. The van der Waals surface area contributed by atoms with Gasteiger partial charge in [0.2, 0.25) is 5.91 Å². The summed E-state index contributed by atoms with van der Waals surface area (Å²) in [5, 5.41) is 13.7. The van der Waals surface area contributed by atoms with Crippen molar-refractivity contribution in [2.45, 2.75) is 12.5 Å². The number of nitro benzene ring substituents is 1. The molecular weight excluding hydrogens is 362 g/mol. The Morgan fingerprint density at radius 1 is 1.31 bits per heavy atom. The maximum atomic E-state index is 12.3. The zero-order chi connectivity index (χ0) is 19.3. The molecule has 0 aliphatic carbocycles. The first-order valence-electron chi connectivity index (χ1n) is 7.49. The molecule has 1 atom stereocenters. The number of carbonyl (C=O) groups is 2. The van der Waals surface area contributed by atoms with E-state index in [9.17, 15) is 19.7 Å². The normalized spacial score (nSPS) is 11.5. The SMILES string of the molecule is COc1ccc(C[C@H](NC(=O)c2cccc([N+](=O)[O-])c2)C(N)=O)cc1Cl. The minimum Gasteiger partial charge on any atom is -0.495 e. The van der Waals surface area contributed by atoms with Gasteiger partial charge in [0.05, 0.1) is 17.1 Å². The molecule has 2 amide bonds. The monoisotopic (exact) mass is 377 g/mol. The lowest BCUT2D eigenvalue weighted by Crippen LogP contribution is -2.45. The third-order valence-corrected chi connectivity index (χ3v) is 3.92. The number of nitrogens with two attached hydrogens (primary N) is 1. The van der Waals surface area contributed by atoms with Crippen molar-refractivity contribution in [3.63, 3.8) is 0 Å². The molecule has 0 aliphatic rings. The average Bonchev–Trinajstić information content (AvgIpc) is 2.61. The molecule has 136 valence electrons. The van der Waals surface area contributed by atoms with E-state index in [4.69, 9.17) is 22.1 Å². The Bertz CT molecular complexity index is 856. The smallest absolute Gasteiger partial charge is 0.270 e. The van der Waals surface area contributed by atoms with E-state index in [2.05, 4.69) is 5.32 Å². The number of amides is 2. The Labute approximate surface area is 154 Å². The Hall–Kier alpha value is -3.13. The fourth-order valence-electron chi connectivity index (χ4n) is 2.30. The Balaban J connectivity index is 2.16. The van der Waals surface area contributed by atoms with Crippen LogP contribution in [0.2, 0.25) is 5.02 Å². The van der Waals surface area contributed by atoms with Crippen LogP contribution >= 0.6 is 11.6 Å². The van der Waals surface area contributed by atoms with E-state index in [1.54, 1.807) is 18.2 Å². The van der Waals surface area contributed by atoms with Crippen molar-refractivity contribution < 1.29 is 19.2 Å². The number of non-ortho nitro benzene ring substituents is 1. The molecule has 0 heterocycles. The van der Waals surface area contributed by atoms with Crippen LogP contribution in [0.5, 0.6) is 5.75 Å². The molecular formula is C17H16ClN3O5. The van der Waals surface area contributed by atoms with Crippen molar-refractivity contribution in [3.05, 3.63) is 68.7 Å². The number of halogens is 1. The number of methoxy groups -OCH3 is 1. The van der Waals surface area contributed by atoms with E-state index < -0.39 is 22.8 Å². The molecule has 0 saturated carbocycles. The molecule has 8 nitrogen and oxygen atoms in total. The fourth-order valence-corrected chi connectivity index (χ4v) is 2.58. The van der Waals surface area contributed by atoms with Crippen LogP contribution in [0, 0.1) is 10.1 Å². The van der Waals surface area contributed by atoms with Crippen LogP contribution in [0.15, 0.2) is 42.5 Å². The van der Waals surface area contributed by atoms with Crippen molar-refractivity contribution in [1.82, 2.24) is 5.32 Å². The first-order valence-corrected chi connectivity index (χ1v) is 7.86. The highest BCUT2D eigenvalue weighted by atomic mass is 35.5. The van der Waals surface area contributed by atoms with Crippen molar-refractivity contribution >= 4 is 29.1 Å². The molecule has 0 radical (unpaired) electrons. The van der Waals surface area contributed by atoms with E-state index in [-0.39, 0.29) is 17.7 Å². The number of hydrogen-bond donors (Lipinski definition) is 2. The summed E-state index contributed by atoms with van der Waals surface area (Å²) in [5.41, 5.74) is 5.86. The first-order chi connectivity index (χ1) is 12.3. The lowest BCUT2D eigenvalue weighted by Gasteiger charge is -2.16. The molecule has 0 bridgehead atoms. The predicted octanol–water partition coefficient (Wildman–Crippen LogP) is 2.08. The number of benzene rings is 2. The van der Waals surface area contributed by atoms with Gasteiger partial charge in [-0.1, -0.05) is 23.7 Å². The maximum absolute atomic E-state index is 12.3. The van der Waals surface area contributed by atoms with Crippen LogP contribution in [-0.4, -0.2) is 29.9 Å². The third-order valence-electron chi connectivity index (χ3n) is 3.62. The van der Waals surface area contributed by atoms with Gasteiger partial charge >= 0.3 is 0 Å². The number of nitrogens with one attached hydrogen (secondary N) is 1. The lowest BCUT2D eigenvalue weighted by molar-refractivity contribution is -0.384. The van der Waals surface area contributed by atoms with Crippen molar-refractivity contribution in [1.29, 1.82) is 0 Å². The van der Waals surface area contributed by atoms with Gasteiger partial charge in [0.25, 0.3) is 11.6 Å². The van der Waals surface area contributed by atoms with Gasteiger partial charge in [-0.25, -0.2) is 0 Å². The number of hydrogen-bond acceptors (Lipinski definition) is 5. The second-order valence-electron chi connectivity index (χ2n) is 5.41. The number of nitro groups is 1. The van der Waals surface area contributed by atoms with Crippen LogP contribution in [0.3, 0.4) is 0 Å². The first kappa shape index (κ1) is 19.2. The van der Waals surface area contributed by atoms with E-state index in [1.165, 1.54) is 25.3 Å². The number of ether oxygens (including phenoxy) is 1. The van der Waals surface area contributed by atoms with E-state index in [0.29, 0.717) is 16.3 Å². The van der Waals surface area contributed by atoms with E-state index in [1.807, 2.05) is 0 Å². The van der Waals surface area contributed by atoms with Gasteiger partial charge in [-0.15, -0.1) is 0 Å². The van der Waals surface area contributed by atoms with Crippen molar-refractivity contribution in [2.24, 2.45) is 5.73 Å². The number of carbonyl (C=O) groups excluding carboxylic acids is 2. The summed E-state index contributed by atoms with van der Waals surface area (Å²) in [4.78, 5) is 34.2. The average molecular weight is 378 g/mol. The van der Waals surface area contributed by atoms with E-state index in [0.717, 1.165) is 6.07 Å². The van der Waals surface area contributed by atoms with Gasteiger partial charge in [0.15, 0.2) is 0 Å². The van der Waals surface area contributed by atoms with Crippen LogP contribution in [0.25, 0.3) is 0 Å². The van der Waals surface area contributed by atoms with Crippen molar-refractivity contribution in [3.8, 4) is 5.75 Å². The van der Waals surface area contributed by atoms with Crippen LogP contribution in [-0.2, 0) is 11.2 Å². The highest BCUT2D eigenvalue weighted by Crippen LogP contribution is 2.25. The Kier molecular flexibility index (Phi) is 6.13. The zero-order valence-corrected chi connectivity index (χ0v) is 14.5. The quantitative estimate of drug-likeness (QED) is 0.564. The van der Waals surface area contributed by atoms with Gasteiger partial charge < -0.3 is 15.8 Å². The molecule has 3 N–H and O–H groups in total. The van der Waals surface area contributed by atoms with Gasteiger partial charge in [-0.3, -0.25) is 19.7 Å². The summed E-state index contributed by atoms with van der Waals surface area (Å²) < 4.78 is 5.06. The summed E-state index contributed by atoms with van der Waals surface area (Å²) in [6, 6.07) is 9.11. The molecule has 0 fully saturated rings. The van der Waals surface area contributed by atoms with Crippen LogP contribution < -0.4 is 15.8 Å². The highest BCUT2D eigenvalue weighted by molar-refractivity contribution is 6.32. The highest BCUT2D eigenvalue weighted by Gasteiger charge is 2.21. The minimum absolute atomic E-state index is 0.0539. The van der Waals surface area contributed by atoms with Gasteiger partial charge in [-0.2, -0.15) is 0 Å². The topological polar surface area (TPSA) is 125 Å². The second-order valence-corrected chi connectivity index (χ2v) is 5.82. The Morgan fingerprint density at radius 2 is 2.04 bits per heavy atom. The summed E-state index contributed by atoms with van der Waals surface area (Å²) in [5.74, 6) is -0.903. The predicted molar refractivity (Wildman–Crippen MR) is 95.3 cm³/mol. The molecule has 26 heavy (non-hydrogen) atoms. The largest absolute Gasteiger partial charge is 0.495 e. The number of nitrogens with zero attached hydrogens (tertiary/aromatic N) is 1. The number of rotatable bonds is 7. The molecule has 0 aromatic heterocycles. The molecule has 0 unspecified atom stereocenters. The molecule has 2 aromatic carbocycles. The minimum atomic E-state index is -1.01. The lowest BCUT2D eigenvalue weighted by atomic mass is 10.0. The number of primary amides is 1. The van der Waals surface area contributed by atoms with Gasteiger partial charge in [0.1, 0.15) is 11.8 Å². The summed E-state index contributed by atoms with van der Waals surface area (Å²) in [7, 11) is 1.48. The maximum Gasteiger partial charge on any atom is 0.270 e. The second kappa shape index (κ2) is 8.30. The molecule has 2 rings (SSSR count). The van der Waals surface area contributed by atoms with Gasteiger partial charge in [-0.05, 0) is 23.8 Å². The zero-order valence-electron chi connectivity index (χ0n) is 13.8. The standard InChI is InChI=1S/C17H16ClN3O5/c1-26-15-6-5-10(7-13(15)18)8-14(16(19)22)20-17(23)11-3-2-4-12(9-11)21(24)25/h2-7,9,14H,8H2,1H3,(H2,19,22)(H,20,23)/t14-/m0/s1. The van der Waals surface area contributed by atoms with Crippen molar-refractivity contribution in [2.75, 3.05) is 7.11 Å². The Morgan fingerprint density at radius 3 is 2.62 bits per heavy atom. The molecule has 2 aromatic rings. The molecule has 0 aliphatic heterocycles. The molecule has 9 heteroatoms. The van der Waals surface area contributed by atoms with Crippen LogP contribution in [0.1, 0.15) is 15.9 Å². The molecule has 0 spiro atoms. The summed E-state index contributed by atoms with van der Waals surface area (Å²) in [6.45, 7) is 0. The van der Waals surface area contributed by atoms with Crippen LogP contribution in [0.4, 0.5) is 5.69 Å². The summed E-state index contributed by atoms with van der Waals surface area (Å²) in [6.07, 6.45) is 0.111. The van der Waals surface area contributed by atoms with Gasteiger partial charge in [0, 0.05) is 24.1 Å².